The second kappa shape index (κ2) is 3.18. The Bertz CT molecular complexity index is 243. The maximum absolute atomic E-state index is 11.2. The van der Waals surface area contributed by atoms with Gasteiger partial charge in [-0.3, -0.25) is 4.79 Å². The van der Waals surface area contributed by atoms with Gasteiger partial charge in [-0.1, -0.05) is 0 Å². The number of carboxylic acids is 1. The molecule has 5 heteroatoms. The van der Waals surface area contributed by atoms with Gasteiger partial charge in [0.05, 0.1) is 6.61 Å². The van der Waals surface area contributed by atoms with Crippen molar-refractivity contribution >= 4 is 5.97 Å². The predicted octanol–water partition coefficient (Wildman–Crippen LogP) is -0.798. The minimum Gasteiger partial charge on any atom is -0.481 e. The summed E-state index contributed by atoms with van der Waals surface area (Å²) in [5.74, 6) is -0.927. The Hall–Kier alpha value is -0.650. The molecule has 0 aliphatic carbocycles. The molecule has 80 valence electrons. The summed E-state index contributed by atoms with van der Waals surface area (Å²) in [7, 11) is 0. The molecule has 2 heterocycles. The van der Waals surface area contributed by atoms with Crippen molar-refractivity contribution in [2.45, 2.75) is 18.4 Å². The average Bonchev–Trinajstić information content (AvgIpc) is 2.01. The van der Waals surface area contributed by atoms with E-state index in [-0.39, 0.29) is 6.61 Å². The van der Waals surface area contributed by atoms with E-state index in [0.29, 0.717) is 26.1 Å². The van der Waals surface area contributed by atoms with E-state index in [0.717, 1.165) is 6.42 Å². The van der Waals surface area contributed by atoms with Crippen molar-refractivity contribution in [3.05, 3.63) is 0 Å². The maximum atomic E-state index is 11.2. The molecule has 1 atom stereocenters. The van der Waals surface area contributed by atoms with Crippen molar-refractivity contribution in [1.82, 2.24) is 5.32 Å². The first kappa shape index (κ1) is 9.89. The molecule has 2 rings (SSSR count). The highest BCUT2D eigenvalue weighted by molar-refractivity contribution is 5.78. The molecule has 2 aliphatic rings. The Labute approximate surface area is 82.1 Å². The van der Waals surface area contributed by atoms with Crippen LogP contribution in [0.4, 0.5) is 0 Å². The molecule has 0 aromatic carbocycles. The third kappa shape index (κ3) is 1.16. The topological polar surface area (TPSA) is 78.8 Å². The van der Waals surface area contributed by atoms with Crippen molar-refractivity contribution < 1.29 is 19.7 Å². The molecule has 3 N–H and O–H groups in total. The molecular weight excluding hydrogens is 186 g/mol. The van der Waals surface area contributed by atoms with Crippen molar-refractivity contribution in [3.8, 4) is 0 Å². The molecule has 14 heavy (non-hydrogen) atoms. The summed E-state index contributed by atoms with van der Waals surface area (Å²) in [6, 6.07) is 0. The van der Waals surface area contributed by atoms with E-state index in [1.54, 1.807) is 0 Å². The molecular formula is C9H15NO4. The number of rotatable bonds is 2. The molecule has 1 unspecified atom stereocenters. The molecule has 2 saturated heterocycles. The van der Waals surface area contributed by atoms with Gasteiger partial charge in [-0.05, 0) is 12.8 Å². The first-order valence-corrected chi connectivity index (χ1v) is 4.85. The van der Waals surface area contributed by atoms with Crippen molar-refractivity contribution in [2.24, 2.45) is 5.41 Å². The van der Waals surface area contributed by atoms with Gasteiger partial charge in [-0.15, -0.1) is 0 Å². The van der Waals surface area contributed by atoms with Crippen LogP contribution in [0.1, 0.15) is 12.8 Å². The SMILES string of the molecule is O=C(O)C1(C2(O)CCCOC2)CNC1. The quantitative estimate of drug-likeness (QED) is 0.545. The minimum absolute atomic E-state index is 0.140. The Morgan fingerprint density at radius 3 is 2.50 bits per heavy atom. The van der Waals surface area contributed by atoms with Crippen LogP contribution >= 0.6 is 0 Å². The fourth-order valence-corrected chi connectivity index (χ4v) is 2.21. The highest BCUT2D eigenvalue weighted by Gasteiger charge is 2.60. The van der Waals surface area contributed by atoms with Crippen molar-refractivity contribution in [3.63, 3.8) is 0 Å². The molecule has 2 aliphatic heterocycles. The molecule has 5 nitrogen and oxygen atoms in total. The van der Waals surface area contributed by atoms with Crippen LogP contribution in [0.3, 0.4) is 0 Å². The minimum atomic E-state index is -1.19. The van der Waals surface area contributed by atoms with Crippen LogP contribution in [0.25, 0.3) is 0 Å². The third-order valence-corrected chi connectivity index (χ3v) is 3.37. The zero-order valence-corrected chi connectivity index (χ0v) is 7.95. The lowest BCUT2D eigenvalue weighted by Crippen LogP contribution is -2.72. The summed E-state index contributed by atoms with van der Waals surface area (Å²) in [4.78, 5) is 11.2. The standard InChI is InChI=1S/C9H15NO4/c11-7(12)8(4-10-5-8)9(13)2-1-3-14-6-9/h10,13H,1-6H2,(H,11,12). The summed E-state index contributed by atoms with van der Waals surface area (Å²) in [6.45, 7) is 1.43. The van der Waals surface area contributed by atoms with Crippen molar-refractivity contribution in [2.75, 3.05) is 26.3 Å². The molecule has 0 aromatic rings. The first-order valence-electron chi connectivity index (χ1n) is 4.85. The highest BCUT2D eigenvalue weighted by Crippen LogP contribution is 2.41. The van der Waals surface area contributed by atoms with Crippen LogP contribution in [0.2, 0.25) is 0 Å². The van der Waals surface area contributed by atoms with Crippen LogP contribution in [-0.4, -0.2) is 48.1 Å². The fraction of sp³-hybridized carbons (Fsp3) is 0.889. The van der Waals surface area contributed by atoms with Gasteiger partial charge in [-0.25, -0.2) is 0 Å². The molecule has 0 amide bonds. The largest absolute Gasteiger partial charge is 0.481 e. The van der Waals surface area contributed by atoms with E-state index in [4.69, 9.17) is 9.84 Å². The normalized spacial score (nSPS) is 36.1. The second-order valence-electron chi connectivity index (χ2n) is 4.18. The van der Waals surface area contributed by atoms with Gasteiger partial charge in [-0.2, -0.15) is 0 Å². The van der Waals surface area contributed by atoms with Gasteiger partial charge in [0.25, 0.3) is 0 Å². The van der Waals surface area contributed by atoms with E-state index >= 15 is 0 Å². The van der Waals surface area contributed by atoms with Crippen LogP contribution < -0.4 is 5.32 Å². The fourth-order valence-electron chi connectivity index (χ4n) is 2.21. The number of hydrogen-bond donors (Lipinski definition) is 3. The number of nitrogens with one attached hydrogen (secondary N) is 1. The Morgan fingerprint density at radius 2 is 2.14 bits per heavy atom. The lowest BCUT2D eigenvalue weighted by molar-refractivity contribution is -0.201. The van der Waals surface area contributed by atoms with E-state index in [1.165, 1.54) is 0 Å². The first-order chi connectivity index (χ1) is 6.61. The van der Waals surface area contributed by atoms with Crippen LogP contribution in [0.5, 0.6) is 0 Å². The van der Waals surface area contributed by atoms with E-state index in [9.17, 15) is 9.90 Å². The molecule has 0 aromatic heterocycles. The number of carboxylic acid groups (broad SMARTS) is 1. The lowest BCUT2D eigenvalue weighted by Gasteiger charge is -2.51. The molecule has 0 radical (unpaired) electrons. The average molecular weight is 201 g/mol. The molecule has 2 fully saturated rings. The summed E-state index contributed by atoms with van der Waals surface area (Å²) in [6.07, 6.45) is 1.24. The van der Waals surface area contributed by atoms with E-state index < -0.39 is 17.0 Å². The van der Waals surface area contributed by atoms with E-state index in [2.05, 4.69) is 5.32 Å². The monoisotopic (exact) mass is 201 g/mol. The number of aliphatic hydroxyl groups is 1. The number of ether oxygens (including phenoxy) is 1. The van der Waals surface area contributed by atoms with Gasteiger partial charge >= 0.3 is 5.97 Å². The maximum Gasteiger partial charge on any atom is 0.315 e. The second-order valence-corrected chi connectivity index (χ2v) is 4.18. The number of aliphatic carboxylic acids is 1. The van der Waals surface area contributed by atoms with Gasteiger partial charge in [0.1, 0.15) is 11.0 Å². The third-order valence-electron chi connectivity index (χ3n) is 3.37. The molecule has 0 spiro atoms. The smallest absolute Gasteiger partial charge is 0.315 e. The van der Waals surface area contributed by atoms with Gasteiger partial charge < -0.3 is 20.3 Å². The van der Waals surface area contributed by atoms with Crippen LogP contribution in [-0.2, 0) is 9.53 Å². The Morgan fingerprint density at radius 1 is 1.43 bits per heavy atom. The summed E-state index contributed by atoms with van der Waals surface area (Å²) >= 11 is 0. The number of hydrogen-bond acceptors (Lipinski definition) is 4. The predicted molar refractivity (Wildman–Crippen MR) is 47.9 cm³/mol. The molecule has 0 bridgehead atoms. The Kier molecular flexibility index (Phi) is 2.25. The molecule has 0 saturated carbocycles. The van der Waals surface area contributed by atoms with Gasteiger partial charge in [0, 0.05) is 19.7 Å². The van der Waals surface area contributed by atoms with Crippen molar-refractivity contribution in [1.29, 1.82) is 0 Å². The van der Waals surface area contributed by atoms with Gasteiger partial charge in [0.2, 0.25) is 0 Å². The van der Waals surface area contributed by atoms with E-state index in [1.807, 2.05) is 0 Å². The lowest BCUT2D eigenvalue weighted by atomic mass is 9.65. The summed E-state index contributed by atoms with van der Waals surface area (Å²) in [5, 5.41) is 22.3. The Balaban J connectivity index is 2.21. The van der Waals surface area contributed by atoms with Crippen LogP contribution in [0, 0.1) is 5.41 Å². The number of carbonyl (C=O) groups is 1. The zero-order chi connectivity index (χ0) is 10.2. The van der Waals surface area contributed by atoms with Gasteiger partial charge in [0.15, 0.2) is 0 Å². The summed E-state index contributed by atoms with van der Waals surface area (Å²) < 4.78 is 5.18. The highest BCUT2D eigenvalue weighted by atomic mass is 16.5. The van der Waals surface area contributed by atoms with Crippen LogP contribution in [0.15, 0.2) is 0 Å². The summed E-state index contributed by atoms with van der Waals surface area (Å²) in [5.41, 5.74) is -2.23. The zero-order valence-electron chi connectivity index (χ0n) is 7.95.